The number of nitrogens with one attached hydrogen (secondary N) is 1. The van der Waals surface area contributed by atoms with Crippen LogP contribution in [0.1, 0.15) is 25.7 Å². The largest absolute Gasteiger partial charge is 0.497 e. The highest BCUT2D eigenvalue weighted by atomic mass is 16.5. The fraction of sp³-hybridized carbons (Fsp3) is 0.562. The zero-order valence-corrected chi connectivity index (χ0v) is 12.6. The molecule has 1 saturated carbocycles. The lowest BCUT2D eigenvalue weighted by molar-refractivity contribution is -0.121. The number of methoxy groups -OCH3 is 2. The first-order valence-corrected chi connectivity index (χ1v) is 7.52. The zero-order chi connectivity index (χ0) is 14.8. The van der Waals surface area contributed by atoms with E-state index in [2.05, 4.69) is 5.32 Å². The lowest BCUT2D eigenvalue weighted by atomic mass is 10.0. The van der Waals surface area contributed by atoms with Crippen LogP contribution in [-0.4, -0.2) is 38.8 Å². The Balaban J connectivity index is 1.82. The van der Waals surface area contributed by atoms with E-state index in [1.165, 1.54) is 12.8 Å². The highest BCUT2D eigenvalue weighted by molar-refractivity contribution is 5.99. The molecule has 1 aromatic rings. The molecule has 0 radical (unpaired) electrons. The molecule has 1 aliphatic heterocycles. The first kappa shape index (κ1) is 14.2. The van der Waals surface area contributed by atoms with E-state index in [0.29, 0.717) is 11.8 Å². The second-order valence-electron chi connectivity index (χ2n) is 5.66. The van der Waals surface area contributed by atoms with E-state index in [0.717, 1.165) is 30.8 Å². The number of benzene rings is 1. The summed E-state index contributed by atoms with van der Waals surface area (Å²) in [7, 11) is 3.24. The monoisotopic (exact) mass is 290 g/mol. The third-order valence-electron chi connectivity index (χ3n) is 4.13. The van der Waals surface area contributed by atoms with Crippen molar-refractivity contribution in [2.24, 2.45) is 0 Å². The number of piperidine rings is 1. The van der Waals surface area contributed by atoms with Gasteiger partial charge in [0.05, 0.1) is 25.9 Å². The molecule has 3 rings (SSSR count). The quantitative estimate of drug-likeness (QED) is 0.900. The molecular weight excluding hydrogens is 268 g/mol. The summed E-state index contributed by atoms with van der Waals surface area (Å²) in [6.07, 6.45) is 4.31. The summed E-state index contributed by atoms with van der Waals surface area (Å²) in [4.78, 5) is 14.5. The van der Waals surface area contributed by atoms with Crippen molar-refractivity contribution in [3.8, 4) is 11.5 Å². The topological polar surface area (TPSA) is 50.8 Å². The van der Waals surface area contributed by atoms with Gasteiger partial charge in [-0.3, -0.25) is 4.79 Å². The third kappa shape index (κ3) is 2.97. The van der Waals surface area contributed by atoms with E-state index in [1.807, 2.05) is 23.1 Å². The molecule has 1 aliphatic carbocycles. The number of carbonyl (C=O) groups excluding carboxylic acids is 1. The van der Waals surface area contributed by atoms with E-state index in [9.17, 15) is 4.79 Å². The van der Waals surface area contributed by atoms with Crippen molar-refractivity contribution >= 4 is 11.6 Å². The van der Waals surface area contributed by atoms with Gasteiger partial charge in [-0.25, -0.2) is 0 Å². The second-order valence-corrected chi connectivity index (χ2v) is 5.66. The second kappa shape index (κ2) is 5.93. The molecule has 5 heteroatoms. The van der Waals surface area contributed by atoms with Gasteiger partial charge in [0, 0.05) is 18.7 Å². The van der Waals surface area contributed by atoms with Crippen LogP contribution >= 0.6 is 0 Å². The van der Waals surface area contributed by atoms with E-state index in [-0.39, 0.29) is 11.9 Å². The first-order chi connectivity index (χ1) is 10.2. The number of ether oxygens (including phenoxy) is 2. The number of carbonyl (C=O) groups is 1. The SMILES string of the molecule is COc1ccc(N2CCCC(NC3CC3)C2=O)c(OC)c1. The average molecular weight is 290 g/mol. The molecule has 1 saturated heterocycles. The number of nitrogens with zero attached hydrogens (tertiary/aromatic N) is 1. The van der Waals surface area contributed by atoms with Gasteiger partial charge in [0.15, 0.2) is 0 Å². The molecule has 1 unspecified atom stereocenters. The molecule has 2 fully saturated rings. The summed E-state index contributed by atoms with van der Waals surface area (Å²) in [5.41, 5.74) is 0.825. The van der Waals surface area contributed by atoms with Crippen molar-refractivity contribution in [1.29, 1.82) is 0 Å². The van der Waals surface area contributed by atoms with Crippen LogP contribution in [0.2, 0.25) is 0 Å². The Hall–Kier alpha value is -1.75. The van der Waals surface area contributed by atoms with Gasteiger partial charge in [0.25, 0.3) is 0 Å². The van der Waals surface area contributed by atoms with Gasteiger partial charge in [-0.2, -0.15) is 0 Å². The van der Waals surface area contributed by atoms with Crippen LogP contribution in [0, 0.1) is 0 Å². The molecule has 1 atom stereocenters. The Kier molecular flexibility index (Phi) is 4.01. The van der Waals surface area contributed by atoms with Crippen molar-refractivity contribution in [1.82, 2.24) is 5.32 Å². The summed E-state index contributed by atoms with van der Waals surface area (Å²) in [5, 5.41) is 3.45. The van der Waals surface area contributed by atoms with Crippen molar-refractivity contribution in [2.45, 2.75) is 37.8 Å². The van der Waals surface area contributed by atoms with Crippen LogP contribution < -0.4 is 19.7 Å². The van der Waals surface area contributed by atoms with Gasteiger partial charge in [-0.05, 0) is 37.8 Å². The van der Waals surface area contributed by atoms with Gasteiger partial charge in [-0.15, -0.1) is 0 Å². The number of amides is 1. The zero-order valence-electron chi connectivity index (χ0n) is 12.6. The van der Waals surface area contributed by atoms with Gasteiger partial charge in [0.2, 0.25) is 5.91 Å². The summed E-state index contributed by atoms with van der Waals surface area (Å²) in [6, 6.07) is 6.06. The minimum Gasteiger partial charge on any atom is -0.497 e. The Morgan fingerprint density at radius 1 is 1.19 bits per heavy atom. The van der Waals surface area contributed by atoms with Crippen molar-refractivity contribution in [3.05, 3.63) is 18.2 Å². The number of hydrogen-bond donors (Lipinski definition) is 1. The summed E-state index contributed by atoms with van der Waals surface area (Å²) < 4.78 is 10.6. The number of rotatable bonds is 5. The summed E-state index contributed by atoms with van der Waals surface area (Å²) in [6.45, 7) is 0.740. The fourth-order valence-electron chi connectivity index (χ4n) is 2.81. The molecule has 114 valence electrons. The number of hydrogen-bond acceptors (Lipinski definition) is 4. The van der Waals surface area contributed by atoms with E-state index in [4.69, 9.17) is 9.47 Å². The predicted molar refractivity (Wildman–Crippen MR) is 81.1 cm³/mol. The first-order valence-electron chi connectivity index (χ1n) is 7.52. The Morgan fingerprint density at radius 2 is 2.00 bits per heavy atom. The van der Waals surface area contributed by atoms with Gasteiger partial charge >= 0.3 is 0 Å². The Bertz CT molecular complexity index is 528. The molecule has 1 aromatic carbocycles. The highest BCUT2D eigenvalue weighted by Gasteiger charge is 2.34. The van der Waals surface area contributed by atoms with Crippen LogP contribution in [-0.2, 0) is 4.79 Å². The standard InChI is InChI=1S/C16H22N2O3/c1-20-12-7-8-14(15(10-12)21-2)18-9-3-4-13(16(18)19)17-11-5-6-11/h7-8,10-11,13,17H,3-6,9H2,1-2H3. The lowest BCUT2D eigenvalue weighted by Gasteiger charge is -2.33. The van der Waals surface area contributed by atoms with Crippen molar-refractivity contribution in [2.75, 3.05) is 25.7 Å². The normalized spacial score (nSPS) is 22.3. The van der Waals surface area contributed by atoms with Crippen LogP contribution in [0.3, 0.4) is 0 Å². The van der Waals surface area contributed by atoms with Crippen molar-refractivity contribution < 1.29 is 14.3 Å². The molecule has 2 aliphatic rings. The highest BCUT2D eigenvalue weighted by Crippen LogP contribution is 2.34. The molecule has 5 nitrogen and oxygen atoms in total. The maximum Gasteiger partial charge on any atom is 0.244 e. The summed E-state index contributed by atoms with van der Waals surface area (Å²) in [5.74, 6) is 1.55. The van der Waals surface area contributed by atoms with Crippen molar-refractivity contribution in [3.63, 3.8) is 0 Å². The lowest BCUT2D eigenvalue weighted by Crippen LogP contribution is -2.51. The predicted octanol–water partition coefficient (Wildman–Crippen LogP) is 1.95. The van der Waals surface area contributed by atoms with Gasteiger partial charge < -0.3 is 19.7 Å². The minimum atomic E-state index is -0.0574. The smallest absolute Gasteiger partial charge is 0.244 e. The number of anilines is 1. The maximum absolute atomic E-state index is 12.7. The molecule has 21 heavy (non-hydrogen) atoms. The van der Waals surface area contributed by atoms with Crippen LogP contribution in [0.25, 0.3) is 0 Å². The molecule has 0 spiro atoms. The molecular formula is C16H22N2O3. The van der Waals surface area contributed by atoms with Crippen LogP contribution in [0.5, 0.6) is 11.5 Å². The Morgan fingerprint density at radius 3 is 2.67 bits per heavy atom. The Labute approximate surface area is 125 Å². The third-order valence-corrected chi connectivity index (χ3v) is 4.13. The fourth-order valence-corrected chi connectivity index (χ4v) is 2.81. The molecule has 1 N–H and O–H groups in total. The van der Waals surface area contributed by atoms with E-state index >= 15 is 0 Å². The van der Waals surface area contributed by atoms with E-state index < -0.39 is 0 Å². The summed E-state index contributed by atoms with van der Waals surface area (Å²) >= 11 is 0. The maximum atomic E-state index is 12.7. The average Bonchev–Trinajstić information content (AvgIpc) is 3.33. The minimum absolute atomic E-state index is 0.0574. The van der Waals surface area contributed by atoms with Crippen LogP contribution in [0.15, 0.2) is 18.2 Å². The van der Waals surface area contributed by atoms with E-state index in [1.54, 1.807) is 14.2 Å². The molecule has 0 bridgehead atoms. The molecule has 1 heterocycles. The van der Waals surface area contributed by atoms with Crippen LogP contribution in [0.4, 0.5) is 5.69 Å². The molecule has 0 aromatic heterocycles. The van der Waals surface area contributed by atoms with Gasteiger partial charge in [0.1, 0.15) is 11.5 Å². The van der Waals surface area contributed by atoms with Gasteiger partial charge in [-0.1, -0.05) is 0 Å². The molecule has 1 amide bonds.